The predicted octanol–water partition coefficient (Wildman–Crippen LogP) is -0.0351. The third-order valence-electron chi connectivity index (χ3n) is 2.64. The van der Waals surface area contributed by atoms with Gasteiger partial charge < -0.3 is 16.4 Å². The van der Waals surface area contributed by atoms with E-state index < -0.39 is 11.9 Å². The van der Waals surface area contributed by atoms with Crippen molar-refractivity contribution in [3.63, 3.8) is 0 Å². The van der Waals surface area contributed by atoms with Crippen molar-refractivity contribution in [1.29, 1.82) is 0 Å². The maximum Gasteiger partial charge on any atom is 0.240 e. The summed E-state index contributed by atoms with van der Waals surface area (Å²) in [6.45, 7) is 3.55. The maximum absolute atomic E-state index is 11.9. The van der Waals surface area contributed by atoms with E-state index in [-0.39, 0.29) is 24.7 Å². The van der Waals surface area contributed by atoms with E-state index in [1.807, 2.05) is 11.8 Å². The van der Waals surface area contributed by atoms with E-state index in [1.54, 1.807) is 4.90 Å². The van der Waals surface area contributed by atoms with Crippen LogP contribution >= 0.6 is 24.2 Å². The average molecular weight is 282 g/mol. The lowest BCUT2D eigenvalue weighted by molar-refractivity contribution is -0.134. The van der Waals surface area contributed by atoms with Gasteiger partial charge >= 0.3 is 0 Å². The van der Waals surface area contributed by atoms with Crippen LogP contribution in [0.25, 0.3) is 0 Å². The van der Waals surface area contributed by atoms with Gasteiger partial charge in [-0.1, -0.05) is 6.92 Å². The Kier molecular flexibility index (Phi) is 7.58. The van der Waals surface area contributed by atoms with Gasteiger partial charge in [-0.3, -0.25) is 9.59 Å². The van der Waals surface area contributed by atoms with Crippen molar-refractivity contribution < 1.29 is 9.59 Å². The summed E-state index contributed by atoms with van der Waals surface area (Å²) in [5, 5.41) is 0.485. The molecule has 0 radical (unpaired) electrons. The molecule has 0 spiro atoms. The van der Waals surface area contributed by atoms with Gasteiger partial charge in [0.25, 0.3) is 0 Å². The van der Waals surface area contributed by atoms with Crippen molar-refractivity contribution in [2.75, 3.05) is 18.8 Å². The Labute approximate surface area is 112 Å². The molecule has 1 saturated heterocycles. The molecule has 17 heavy (non-hydrogen) atoms. The van der Waals surface area contributed by atoms with E-state index in [9.17, 15) is 9.59 Å². The van der Waals surface area contributed by atoms with Crippen LogP contribution in [0.3, 0.4) is 0 Å². The summed E-state index contributed by atoms with van der Waals surface area (Å²) in [5.74, 6) is 0.255. The van der Waals surface area contributed by atoms with Gasteiger partial charge in [0, 0.05) is 24.1 Å². The lowest BCUT2D eigenvalue weighted by Crippen LogP contribution is -2.50. The molecule has 2 unspecified atom stereocenters. The first-order valence-electron chi connectivity index (χ1n) is 5.48. The summed E-state index contributed by atoms with van der Waals surface area (Å²) in [5.41, 5.74) is 10.7. The first-order chi connectivity index (χ1) is 7.54. The summed E-state index contributed by atoms with van der Waals surface area (Å²) < 4.78 is 0. The van der Waals surface area contributed by atoms with Crippen LogP contribution in [0.5, 0.6) is 0 Å². The van der Waals surface area contributed by atoms with Crippen LogP contribution in [0.4, 0.5) is 0 Å². The molecule has 1 aliphatic heterocycles. The Hall–Kier alpha value is -0.460. The average Bonchev–Trinajstić information content (AvgIpc) is 2.27. The number of nitrogens with zero attached hydrogens (tertiary/aromatic N) is 1. The van der Waals surface area contributed by atoms with Crippen LogP contribution < -0.4 is 11.5 Å². The number of carbonyl (C=O) groups is 2. The molecule has 1 fully saturated rings. The molecule has 7 heteroatoms. The van der Waals surface area contributed by atoms with Crippen LogP contribution in [-0.4, -0.2) is 46.8 Å². The van der Waals surface area contributed by atoms with Gasteiger partial charge in [0.15, 0.2) is 0 Å². The van der Waals surface area contributed by atoms with Crippen molar-refractivity contribution in [3.05, 3.63) is 0 Å². The normalized spacial score (nSPS) is 21.5. The highest BCUT2D eigenvalue weighted by Gasteiger charge is 2.27. The van der Waals surface area contributed by atoms with Crippen molar-refractivity contribution in [2.24, 2.45) is 11.5 Å². The number of amides is 2. The molecule has 2 atom stereocenters. The third-order valence-corrected chi connectivity index (χ3v) is 4.02. The first-order valence-corrected chi connectivity index (χ1v) is 6.53. The zero-order valence-electron chi connectivity index (χ0n) is 9.93. The molecule has 0 aromatic rings. The van der Waals surface area contributed by atoms with Crippen molar-refractivity contribution >= 4 is 36.0 Å². The molecule has 0 bridgehead atoms. The number of primary amides is 1. The van der Waals surface area contributed by atoms with Gasteiger partial charge in [0.2, 0.25) is 11.8 Å². The van der Waals surface area contributed by atoms with E-state index in [0.717, 1.165) is 18.7 Å². The van der Waals surface area contributed by atoms with E-state index in [0.29, 0.717) is 11.8 Å². The third kappa shape index (κ3) is 5.14. The second-order valence-corrected chi connectivity index (χ2v) is 5.37. The van der Waals surface area contributed by atoms with E-state index >= 15 is 0 Å². The zero-order valence-corrected chi connectivity index (χ0v) is 11.6. The number of hydrogen-bond acceptors (Lipinski definition) is 4. The van der Waals surface area contributed by atoms with E-state index in [1.165, 1.54) is 0 Å². The highest BCUT2D eigenvalue weighted by Crippen LogP contribution is 2.21. The number of halogens is 1. The minimum absolute atomic E-state index is 0. The number of hydrogen-bond donors (Lipinski definition) is 2. The molecule has 0 aromatic heterocycles. The molecular weight excluding hydrogens is 262 g/mol. The molecule has 5 nitrogen and oxygen atoms in total. The van der Waals surface area contributed by atoms with Crippen LogP contribution in [0, 0.1) is 0 Å². The van der Waals surface area contributed by atoms with Crippen LogP contribution in [-0.2, 0) is 9.59 Å². The van der Waals surface area contributed by atoms with Crippen molar-refractivity contribution in [2.45, 2.75) is 31.1 Å². The largest absolute Gasteiger partial charge is 0.370 e. The zero-order chi connectivity index (χ0) is 12.1. The molecule has 1 aliphatic rings. The summed E-state index contributed by atoms with van der Waals surface area (Å²) in [7, 11) is 0. The number of rotatable bonds is 4. The fourth-order valence-corrected chi connectivity index (χ4v) is 2.89. The monoisotopic (exact) mass is 281 g/mol. The molecular formula is C10H20ClN3O2S. The smallest absolute Gasteiger partial charge is 0.240 e. The van der Waals surface area contributed by atoms with Crippen LogP contribution in [0.1, 0.15) is 19.8 Å². The quantitative estimate of drug-likeness (QED) is 0.757. The topological polar surface area (TPSA) is 89.4 Å². The molecule has 1 rings (SSSR count). The molecule has 2 amide bonds. The fraction of sp³-hybridized carbons (Fsp3) is 0.800. The highest BCUT2D eigenvalue weighted by molar-refractivity contribution is 8.00. The van der Waals surface area contributed by atoms with Gasteiger partial charge in [-0.25, -0.2) is 0 Å². The Balaban J connectivity index is 0.00000256. The minimum atomic E-state index is -0.780. The summed E-state index contributed by atoms with van der Waals surface area (Å²) in [6, 6.07) is -0.780. The van der Waals surface area contributed by atoms with Gasteiger partial charge in [0.1, 0.15) is 0 Å². The van der Waals surface area contributed by atoms with Crippen molar-refractivity contribution in [3.8, 4) is 0 Å². The summed E-state index contributed by atoms with van der Waals surface area (Å²) >= 11 is 1.88. The predicted molar refractivity (Wildman–Crippen MR) is 72.2 cm³/mol. The maximum atomic E-state index is 11.9. The number of nitrogens with two attached hydrogens (primary N) is 2. The number of thioether (sulfide) groups is 1. The lowest BCUT2D eigenvalue weighted by Gasteiger charge is -2.33. The highest BCUT2D eigenvalue weighted by atomic mass is 35.5. The van der Waals surface area contributed by atoms with E-state index in [4.69, 9.17) is 11.5 Å². The molecule has 100 valence electrons. The molecule has 0 aliphatic carbocycles. The Morgan fingerprint density at radius 1 is 1.53 bits per heavy atom. The minimum Gasteiger partial charge on any atom is -0.370 e. The standard InChI is InChI=1S/C10H19N3O2S.ClH/c1-2-7-6-13(3-4-16-7)10(15)8(11)5-9(12)14;/h7-8H,2-6,11H2,1H3,(H2,12,14);1H. The number of carbonyl (C=O) groups excluding carboxylic acids is 2. The summed E-state index contributed by atoms with van der Waals surface area (Å²) in [4.78, 5) is 24.3. The van der Waals surface area contributed by atoms with Gasteiger partial charge in [-0.05, 0) is 6.42 Å². The Bertz CT molecular complexity index is 278. The molecule has 4 N–H and O–H groups in total. The second-order valence-electron chi connectivity index (χ2n) is 3.96. The first kappa shape index (κ1) is 16.5. The van der Waals surface area contributed by atoms with Gasteiger partial charge in [-0.2, -0.15) is 11.8 Å². The van der Waals surface area contributed by atoms with Crippen LogP contribution in [0.15, 0.2) is 0 Å². The molecule has 0 saturated carbocycles. The second kappa shape index (κ2) is 7.79. The van der Waals surface area contributed by atoms with Crippen molar-refractivity contribution in [1.82, 2.24) is 4.90 Å². The Morgan fingerprint density at radius 3 is 2.71 bits per heavy atom. The summed E-state index contributed by atoms with van der Waals surface area (Å²) in [6.07, 6.45) is 0.971. The van der Waals surface area contributed by atoms with Crippen LogP contribution in [0.2, 0.25) is 0 Å². The molecule has 0 aromatic carbocycles. The van der Waals surface area contributed by atoms with E-state index in [2.05, 4.69) is 6.92 Å². The molecule has 1 heterocycles. The lowest BCUT2D eigenvalue weighted by atomic mass is 10.1. The SMILES string of the molecule is CCC1CN(C(=O)C(N)CC(N)=O)CCS1.Cl. The van der Waals surface area contributed by atoms with Gasteiger partial charge in [0.05, 0.1) is 12.5 Å². The Morgan fingerprint density at radius 2 is 2.18 bits per heavy atom. The fourth-order valence-electron chi connectivity index (χ4n) is 1.71. The van der Waals surface area contributed by atoms with Gasteiger partial charge in [-0.15, -0.1) is 12.4 Å².